The molecule has 0 saturated heterocycles. The van der Waals surface area contributed by atoms with E-state index in [4.69, 9.17) is 19.9 Å². The molecule has 0 radical (unpaired) electrons. The van der Waals surface area contributed by atoms with E-state index in [2.05, 4.69) is 142 Å². The Balaban J connectivity index is 1.54. The lowest BCUT2D eigenvalue weighted by Crippen LogP contribution is -2.18. The summed E-state index contributed by atoms with van der Waals surface area (Å²) >= 11 is 0. The fraction of sp³-hybridized carbons (Fsp3) is 0.158. The molecule has 4 aromatic carbocycles. The second-order valence-corrected chi connectivity index (χ2v) is 12.6. The number of hydrogen-bond acceptors (Lipinski definition) is 5. The molecule has 6 nitrogen and oxygen atoms in total. The fourth-order valence-electron chi connectivity index (χ4n) is 6.32. The third-order valence-electron chi connectivity index (χ3n) is 8.48. The Morgan fingerprint density at radius 1 is 0.614 bits per heavy atom. The number of aryl methyl sites for hydroxylation is 2. The Morgan fingerprint density at radius 3 is 2.00 bits per heavy atom. The lowest BCUT2D eigenvalue weighted by Gasteiger charge is -2.28. The van der Waals surface area contributed by atoms with Crippen molar-refractivity contribution in [3.63, 3.8) is 0 Å². The zero-order chi connectivity index (χ0) is 30.2. The Hall–Kier alpha value is -5.36. The maximum absolute atomic E-state index is 5.33. The maximum Gasteiger partial charge on any atom is 0.165 e. The molecule has 3 aromatic heterocycles. The molecule has 8 rings (SSSR count). The summed E-state index contributed by atoms with van der Waals surface area (Å²) in [6.45, 7) is 10.7. The van der Waals surface area contributed by atoms with E-state index in [1.165, 1.54) is 11.1 Å². The van der Waals surface area contributed by atoms with Gasteiger partial charge in [0.15, 0.2) is 11.6 Å². The van der Waals surface area contributed by atoms with Crippen molar-refractivity contribution in [3.05, 3.63) is 114 Å². The van der Waals surface area contributed by atoms with Gasteiger partial charge in [-0.15, -0.1) is 0 Å². The zero-order valence-electron chi connectivity index (χ0n) is 25.5. The number of hydrogen-bond donors (Lipinski definition) is 1. The summed E-state index contributed by atoms with van der Waals surface area (Å²) in [6.07, 6.45) is 0. The summed E-state index contributed by atoms with van der Waals surface area (Å²) in [7, 11) is 0. The number of pyridine rings is 1. The van der Waals surface area contributed by atoms with Gasteiger partial charge < -0.3 is 4.98 Å². The van der Waals surface area contributed by atoms with E-state index >= 15 is 0 Å². The number of para-hydroxylation sites is 3. The molecule has 4 heterocycles. The van der Waals surface area contributed by atoms with Crippen LogP contribution in [0.4, 0.5) is 17.2 Å². The largest absolute Gasteiger partial charge is 0.353 e. The number of H-pyrrole nitrogens is 1. The highest BCUT2D eigenvalue weighted by atomic mass is 15.2. The van der Waals surface area contributed by atoms with E-state index in [1.54, 1.807) is 0 Å². The molecular formula is C38H32N6. The van der Waals surface area contributed by atoms with Gasteiger partial charge in [0.25, 0.3) is 0 Å². The molecule has 0 amide bonds. The second kappa shape index (κ2) is 9.58. The van der Waals surface area contributed by atoms with Crippen molar-refractivity contribution in [2.24, 2.45) is 0 Å². The lowest BCUT2D eigenvalue weighted by molar-refractivity contribution is 0.543. The van der Waals surface area contributed by atoms with Gasteiger partial charge in [-0.2, -0.15) is 0 Å². The Kier molecular flexibility index (Phi) is 5.72. The zero-order valence-corrected chi connectivity index (χ0v) is 25.5. The number of nitrogens with zero attached hydrogens (tertiary/aromatic N) is 5. The summed E-state index contributed by atoms with van der Waals surface area (Å²) in [4.78, 5) is 26.6. The van der Waals surface area contributed by atoms with Crippen LogP contribution in [0.15, 0.2) is 97.1 Å². The summed E-state index contributed by atoms with van der Waals surface area (Å²) in [5, 5.41) is 2.27. The summed E-state index contributed by atoms with van der Waals surface area (Å²) in [5.41, 5.74) is 10.0. The molecule has 0 saturated carbocycles. The average Bonchev–Trinajstić information content (AvgIpc) is 3.41. The molecule has 7 aromatic rings. The molecule has 1 aliphatic heterocycles. The third-order valence-corrected chi connectivity index (χ3v) is 8.48. The first-order valence-corrected chi connectivity index (χ1v) is 15.0. The lowest BCUT2D eigenvalue weighted by atomic mass is 9.95. The second-order valence-electron chi connectivity index (χ2n) is 12.6. The van der Waals surface area contributed by atoms with Gasteiger partial charge in [-0.25, -0.2) is 19.9 Å². The fourth-order valence-corrected chi connectivity index (χ4v) is 6.32. The van der Waals surface area contributed by atoms with Crippen LogP contribution in [0, 0.1) is 13.8 Å². The van der Waals surface area contributed by atoms with Gasteiger partial charge in [0.05, 0.1) is 22.4 Å². The molecule has 1 aliphatic rings. The van der Waals surface area contributed by atoms with Crippen LogP contribution in [0.5, 0.6) is 0 Å². The number of nitrogens with one attached hydrogen (secondary N) is 1. The average molecular weight is 573 g/mol. The minimum Gasteiger partial charge on any atom is -0.353 e. The standard InChI is InChI=1S/C38H32N6/c1-22-11-6-12-23(2)34(22)44-25-14-7-13-24(21-25)35-41-36(43-37(42-35)38(3,4)5)29-18-9-16-27-26-15-8-17-28(32(26)40-33(27)29)30-19-10-20-31(44)39-30/h6-21,40H,1-5H3. The summed E-state index contributed by atoms with van der Waals surface area (Å²) in [5.74, 6) is 2.89. The summed E-state index contributed by atoms with van der Waals surface area (Å²) in [6, 6.07) is 33.9. The van der Waals surface area contributed by atoms with Crippen molar-refractivity contribution in [1.29, 1.82) is 0 Å². The van der Waals surface area contributed by atoms with Crippen molar-refractivity contribution in [2.45, 2.75) is 40.0 Å². The van der Waals surface area contributed by atoms with Crippen LogP contribution in [-0.4, -0.2) is 24.9 Å². The predicted molar refractivity (Wildman–Crippen MR) is 180 cm³/mol. The third kappa shape index (κ3) is 4.09. The van der Waals surface area contributed by atoms with E-state index in [0.29, 0.717) is 11.6 Å². The molecule has 6 heteroatoms. The van der Waals surface area contributed by atoms with Crippen molar-refractivity contribution < 1.29 is 0 Å². The van der Waals surface area contributed by atoms with Crippen molar-refractivity contribution >= 4 is 39.0 Å². The molecule has 0 atom stereocenters. The first kappa shape index (κ1) is 26.3. The molecule has 0 fully saturated rings. The van der Waals surface area contributed by atoms with Gasteiger partial charge in [0.2, 0.25) is 0 Å². The van der Waals surface area contributed by atoms with E-state index < -0.39 is 0 Å². The number of benzene rings is 4. The molecule has 8 bridgehead atoms. The van der Waals surface area contributed by atoms with Crippen molar-refractivity contribution in [1.82, 2.24) is 24.9 Å². The maximum atomic E-state index is 5.33. The topological polar surface area (TPSA) is 70.6 Å². The minimum atomic E-state index is -0.276. The Bertz CT molecular complexity index is 2240. The number of rotatable bonds is 1. The van der Waals surface area contributed by atoms with Crippen LogP contribution in [-0.2, 0) is 5.41 Å². The highest BCUT2D eigenvalue weighted by molar-refractivity contribution is 6.14. The number of aromatic nitrogens is 5. The first-order valence-electron chi connectivity index (χ1n) is 15.0. The highest BCUT2D eigenvalue weighted by Crippen LogP contribution is 2.42. The van der Waals surface area contributed by atoms with Gasteiger partial charge >= 0.3 is 0 Å². The molecule has 0 unspecified atom stereocenters. The summed E-state index contributed by atoms with van der Waals surface area (Å²) < 4.78 is 0. The van der Waals surface area contributed by atoms with E-state index in [9.17, 15) is 0 Å². The van der Waals surface area contributed by atoms with Gasteiger partial charge in [0, 0.05) is 38.6 Å². The monoisotopic (exact) mass is 572 g/mol. The van der Waals surface area contributed by atoms with Crippen LogP contribution in [0.3, 0.4) is 0 Å². The molecule has 0 aliphatic carbocycles. The SMILES string of the molecule is Cc1cccc(C)c1N1c2cccc(c2)-c2nc(nc(C(C)(C)C)n2)-c2cccc3c2[nH]c2c(cccc23)-c2cccc1n2. The van der Waals surface area contributed by atoms with Crippen LogP contribution in [0.25, 0.3) is 55.8 Å². The molecule has 0 spiro atoms. The minimum absolute atomic E-state index is 0.276. The Morgan fingerprint density at radius 2 is 1.25 bits per heavy atom. The number of anilines is 3. The number of aromatic amines is 1. The normalized spacial score (nSPS) is 12.6. The molecule has 214 valence electrons. The van der Waals surface area contributed by atoms with Crippen LogP contribution in [0.1, 0.15) is 37.7 Å². The Labute approximate surface area is 256 Å². The smallest absolute Gasteiger partial charge is 0.165 e. The van der Waals surface area contributed by atoms with Gasteiger partial charge in [-0.1, -0.05) is 87.5 Å². The molecule has 44 heavy (non-hydrogen) atoms. The van der Waals surface area contributed by atoms with Crippen LogP contribution < -0.4 is 4.90 Å². The van der Waals surface area contributed by atoms with Crippen molar-refractivity contribution in [2.75, 3.05) is 4.90 Å². The first-order chi connectivity index (χ1) is 21.3. The van der Waals surface area contributed by atoms with E-state index in [-0.39, 0.29) is 5.41 Å². The number of fused-ring (bicyclic) bond motifs is 10. The quantitative estimate of drug-likeness (QED) is 0.212. The van der Waals surface area contributed by atoms with E-state index in [1.807, 2.05) is 0 Å². The van der Waals surface area contributed by atoms with Crippen LogP contribution >= 0.6 is 0 Å². The molecule has 1 N–H and O–H groups in total. The highest BCUT2D eigenvalue weighted by Gasteiger charge is 2.25. The van der Waals surface area contributed by atoms with Crippen LogP contribution in [0.2, 0.25) is 0 Å². The van der Waals surface area contributed by atoms with Gasteiger partial charge in [0.1, 0.15) is 11.6 Å². The van der Waals surface area contributed by atoms with E-state index in [0.717, 1.165) is 67.2 Å². The predicted octanol–water partition coefficient (Wildman–Crippen LogP) is 9.60. The van der Waals surface area contributed by atoms with Gasteiger partial charge in [-0.3, -0.25) is 4.90 Å². The van der Waals surface area contributed by atoms with Gasteiger partial charge in [-0.05, 0) is 55.3 Å². The van der Waals surface area contributed by atoms with Crippen molar-refractivity contribution in [3.8, 4) is 34.0 Å². The molecular weight excluding hydrogens is 540 g/mol.